The second kappa shape index (κ2) is 6.07. The van der Waals surface area contributed by atoms with Gasteiger partial charge in [0.05, 0.1) is 10.5 Å². The molecule has 0 amide bonds. The van der Waals surface area contributed by atoms with Crippen molar-refractivity contribution >= 4 is 17.3 Å². The first kappa shape index (κ1) is 15.4. The van der Waals surface area contributed by atoms with E-state index in [1.165, 1.54) is 12.5 Å². The van der Waals surface area contributed by atoms with Crippen molar-refractivity contribution in [3.8, 4) is 0 Å². The normalized spacial score (nSPS) is 28.3. The molecule has 1 saturated heterocycles. The van der Waals surface area contributed by atoms with Crippen molar-refractivity contribution in [3.63, 3.8) is 0 Å². The zero-order valence-corrected chi connectivity index (χ0v) is 13.6. The molecule has 3 fully saturated rings. The standard InChI is InChI=1S/C18H22N2O4/c21-18(24-17-10-12-3-4-13(17)9-12)14-5-6-15(16(11-14)20(22)23)19-7-1-2-8-19/h5-6,11-13,17H,1-4,7-10H2/t12-,13-,17+/m0/s1. The van der Waals surface area contributed by atoms with Crippen molar-refractivity contribution in [2.24, 2.45) is 11.8 Å². The van der Waals surface area contributed by atoms with Crippen LogP contribution in [0.15, 0.2) is 18.2 Å². The molecule has 6 heteroatoms. The average Bonchev–Trinajstić information content (AvgIpc) is 3.32. The van der Waals surface area contributed by atoms with E-state index in [1.54, 1.807) is 12.1 Å². The van der Waals surface area contributed by atoms with Crippen LogP contribution in [0.25, 0.3) is 0 Å². The third kappa shape index (κ3) is 2.74. The Hall–Kier alpha value is -2.11. The van der Waals surface area contributed by atoms with E-state index in [0.717, 1.165) is 45.2 Å². The van der Waals surface area contributed by atoms with Crippen molar-refractivity contribution in [3.05, 3.63) is 33.9 Å². The first-order valence-electron chi connectivity index (χ1n) is 8.86. The topological polar surface area (TPSA) is 72.7 Å². The highest BCUT2D eigenvalue weighted by Gasteiger charge is 2.41. The van der Waals surface area contributed by atoms with Crippen LogP contribution in [0.3, 0.4) is 0 Å². The molecule has 2 aliphatic carbocycles. The highest BCUT2D eigenvalue weighted by atomic mass is 16.6. The lowest BCUT2D eigenvalue weighted by Crippen LogP contribution is -2.24. The number of nitrogens with zero attached hydrogens (tertiary/aromatic N) is 2. The number of nitro groups is 1. The second-order valence-electron chi connectivity index (χ2n) is 7.27. The summed E-state index contributed by atoms with van der Waals surface area (Å²) < 4.78 is 5.66. The molecule has 6 nitrogen and oxygen atoms in total. The van der Waals surface area contributed by atoms with Gasteiger partial charge in [-0.25, -0.2) is 4.79 Å². The number of carbonyl (C=O) groups excluding carboxylic acids is 1. The third-order valence-electron chi connectivity index (χ3n) is 5.79. The molecule has 4 rings (SSSR count). The number of esters is 1. The highest BCUT2D eigenvalue weighted by Crippen LogP contribution is 2.46. The number of carbonyl (C=O) groups is 1. The molecule has 1 heterocycles. The number of rotatable bonds is 4. The maximum absolute atomic E-state index is 12.4. The molecule has 3 aliphatic rings. The lowest BCUT2D eigenvalue weighted by molar-refractivity contribution is -0.384. The Morgan fingerprint density at radius 2 is 2.00 bits per heavy atom. The van der Waals surface area contributed by atoms with Gasteiger partial charge in [-0.3, -0.25) is 10.1 Å². The van der Waals surface area contributed by atoms with E-state index in [0.29, 0.717) is 17.5 Å². The summed E-state index contributed by atoms with van der Waals surface area (Å²) in [5.41, 5.74) is 0.890. The Kier molecular flexibility index (Phi) is 3.90. The van der Waals surface area contributed by atoms with Crippen LogP contribution < -0.4 is 4.90 Å². The summed E-state index contributed by atoms with van der Waals surface area (Å²) in [5.74, 6) is 0.751. The Morgan fingerprint density at radius 1 is 1.21 bits per heavy atom. The zero-order chi connectivity index (χ0) is 16.7. The first-order chi connectivity index (χ1) is 11.6. The van der Waals surface area contributed by atoms with E-state index in [-0.39, 0.29) is 17.4 Å². The van der Waals surface area contributed by atoms with E-state index in [9.17, 15) is 14.9 Å². The van der Waals surface area contributed by atoms with Gasteiger partial charge in [-0.2, -0.15) is 0 Å². The van der Waals surface area contributed by atoms with Gasteiger partial charge in [-0.15, -0.1) is 0 Å². The van der Waals surface area contributed by atoms with Crippen LogP contribution in [-0.4, -0.2) is 30.1 Å². The van der Waals surface area contributed by atoms with Crippen molar-refractivity contribution in [2.75, 3.05) is 18.0 Å². The lowest BCUT2D eigenvalue weighted by atomic mass is 9.98. The molecular weight excluding hydrogens is 308 g/mol. The summed E-state index contributed by atoms with van der Waals surface area (Å²) in [6, 6.07) is 4.74. The fourth-order valence-corrected chi connectivity index (χ4v) is 4.56. The molecule has 0 spiro atoms. The van der Waals surface area contributed by atoms with Crippen molar-refractivity contribution in [1.29, 1.82) is 0 Å². The lowest BCUT2D eigenvalue weighted by Gasteiger charge is -2.22. The number of hydrogen-bond donors (Lipinski definition) is 0. The van der Waals surface area contributed by atoms with Crippen LogP contribution in [0, 0.1) is 22.0 Å². The minimum Gasteiger partial charge on any atom is -0.458 e. The number of nitro benzene ring substituents is 1. The predicted octanol–water partition coefficient (Wildman–Crippen LogP) is 3.54. The van der Waals surface area contributed by atoms with E-state index < -0.39 is 10.9 Å². The van der Waals surface area contributed by atoms with Crippen LogP contribution in [0.4, 0.5) is 11.4 Å². The van der Waals surface area contributed by atoms with Gasteiger partial charge in [-0.1, -0.05) is 0 Å². The van der Waals surface area contributed by atoms with Crippen molar-refractivity contribution in [1.82, 2.24) is 0 Å². The summed E-state index contributed by atoms with van der Waals surface area (Å²) >= 11 is 0. The van der Waals surface area contributed by atoms with E-state index in [1.807, 2.05) is 4.90 Å². The molecular formula is C18H22N2O4. The Bertz CT molecular complexity index is 669. The molecule has 2 bridgehead atoms. The number of fused-ring (bicyclic) bond motifs is 2. The summed E-state index contributed by atoms with van der Waals surface area (Å²) in [6.45, 7) is 1.66. The van der Waals surface area contributed by atoms with Crippen LogP contribution >= 0.6 is 0 Å². The first-order valence-corrected chi connectivity index (χ1v) is 8.86. The van der Waals surface area contributed by atoms with Crippen LogP contribution in [-0.2, 0) is 4.74 Å². The average molecular weight is 330 g/mol. The SMILES string of the molecule is O=C(O[C@@H]1C[C@H]2CC[C@H]1C2)c1ccc(N2CCCC2)c([N+](=O)[O-])c1. The fraction of sp³-hybridized carbons (Fsp3) is 0.611. The molecule has 2 saturated carbocycles. The van der Waals surface area contributed by atoms with Crippen LogP contribution in [0.5, 0.6) is 0 Å². The molecule has 1 aliphatic heterocycles. The minimum atomic E-state index is -0.427. The maximum Gasteiger partial charge on any atom is 0.338 e. The Labute approximate surface area is 140 Å². The monoisotopic (exact) mass is 330 g/mol. The second-order valence-corrected chi connectivity index (χ2v) is 7.27. The van der Waals surface area contributed by atoms with Crippen LogP contribution in [0.1, 0.15) is 48.9 Å². The molecule has 3 atom stereocenters. The zero-order valence-electron chi connectivity index (χ0n) is 13.6. The summed E-state index contributed by atoms with van der Waals surface area (Å²) in [6.07, 6.45) is 6.58. The Balaban J connectivity index is 1.53. The summed E-state index contributed by atoms with van der Waals surface area (Å²) in [4.78, 5) is 25.5. The van der Waals surface area contributed by atoms with Gasteiger partial charge in [0.2, 0.25) is 0 Å². The number of benzene rings is 1. The van der Waals surface area contributed by atoms with E-state index in [2.05, 4.69) is 0 Å². The van der Waals surface area contributed by atoms with Gasteiger partial charge >= 0.3 is 5.97 Å². The van der Waals surface area contributed by atoms with Crippen molar-refractivity contribution in [2.45, 2.75) is 44.6 Å². The molecule has 0 aromatic heterocycles. The number of hydrogen-bond acceptors (Lipinski definition) is 5. The van der Waals surface area contributed by atoms with E-state index >= 15 is 0 Å². The van der Waals surface area contributed by atoms with Gasteiger partial charge in [0.15, 0.2) is 0 Å². The van der Waals surface area contributed by atoms with Gasteiger partial charge < -0.3 is 9.64 Å². The maximum atomic E-state index is 12.4. The smallest absolute Gasteiger partial charge is 0.338 e. The minimum absolute atomic E-state index is 0.000655. The molecule has 24 heavy (non-hydrogen) atoms. The van der Waals surface area contributed by atoms with Gasteiger partial charge in [0.25, 0.3) is 5.69 Å². The molecule has 128 valence electrons. The molecule has 1 aromatic carbocycles. The fourth-order valence-electron chi connectivity index (χ4n) is 4.56. The number of ether oxygens (including phenoxy) is 1. The van der Waals surface area contributed by atoms with Gasteiger partial charge in [-0.05, 0) is 62.5 Å². The third-order valence-corrected chi connectivity index (χ3v) is 5.79. The summed E-state index contributed by atoms with van der Waals surface area (Å²) in [5, 5.41) is 11.4. The van der Waals surface area contributed by atoms with Gasteiger partial charge in [0.1, 0.15) is 11.8 Å². The van der Waals surface area contributed by atoms with Crippen LogP contribution in [0.2, 0.25) is 0 Å². The van der Waals surface area contributed by atoms with Crippen molar-refractivity contribution < 1.29 is 14.5 Å². The predicted molar refractivity (Wildman–Crippen MR) is 89.2 cm³/mol. The molecule has 0 N–H and O–H groups in total. The largest absolute Gasteiger partial charge is 0.458 e. The molecule has 0 radical (unpaired) electrons. The molecule has 1 aromatic rings. The van der Waals surface area contributed by atoms with Gasteiger partial charge in [0, 0.05) is 19.2 Å². The summed E-state index contributed by atoms with van der Waals surface area (Å²) in [7, 11) is 0. The highest BCUT2D eigenvalue weighted by molar-refractivity contribution is 5.91. The van der Waals surface area contributed by atoms with E-state index in [4.69, 9.17) is 4.74 Å². The Morgan fingerprint density at radius 3 is 2.62 bits per heavy atom. The molecule has 0 unspecified atom stereocenters. The quantitative estimate of drug-likeness (QED) is 0.479. The number of anilines is 1.